The molecule has 0 aliphatic carbocycles. The molecule has 4 heteroatoms. The first-order valence-corrected chi connectivity index (χ1v) is 8.39. The molecule has 0 radical (unpaired) electrons. The number of benzene rings is 1. The second kappa shape index (κ2) is 8.18. The largest absolute Gasteiger partial charge is 0.369 e. The lowest BCUT2D eigenvalue weighted by Crippen LogP contribution is -2.47. The van der Waals surface area contributed by atoms with Gasteiger partial charge < -0.3 is 10.2 Å². The van der Waals surface area contributed by atoms with Crippen molar-refractivity contribution in [3.63, 3.8) is 0 Å². The van der Waals surface area contributed by atoms with E-state index in [1.54, 1.807) is 0 Å². The van der Waals surface area contributed by atoms with Crippen molar-refractivity contribution >= 4 is 11.6 Å². The van der Waals surface area contributed by atoms with Gasteiger partial charge in [0.05, 0.1) is 0 Å². The van der Waals surface area contributed by atoms with Crippen molar-refractivity contribution < 1.29 is 4.79 Å². The van der Waals surface area contributed by atoms with Crippen LogP contribution in [0, 0.1) is 5.92 Å². The van der Waals surface area contributed by atoms with E-state index in [-0.39, 0.29) is 17.9 Å². The second-order valence-corrected chi connectivity index (χ2v) is 6.52. The Morgan fingerprint density at radius 3 is 2.32 bits per heavy atom. The van der Waals surface area contributed by atoms with Crippen LogP contribution in [-0.2, 0) is 4.79 Å². The average Bonchev–Trinajstić information content (AvgIpc) is 2.54. The van der Waals surface area contributed by atoms with E-state index in [4.69, 9.17) is 0 Å². The lowest BCUT2D eigenvalue weighted by molar-refractivity contribution is -0.124. The number of carbonyl (C=O) groups is 1. The first kappa shape index (κ1) is 16.8. The van der Waals surface area contributed by atoms with Crippen LogP contribution in [0.15, 0.2) is 30.3 Å². The number of piperazine rings is 1. The summed E-state index contributed by atoms with van der Waals surface area (Å²) < 4.78 is 0. The zero-order valence-corrected chi connectivity index (χ0v) is 14.1. The third-order valence-electron chi connectivity index (χ3n) is 4.29. The zero-order valence-electron chi connectivity index (χ0n) is 14.1. The highest BCUT2D eigenvalue weighted by Gasteiger charge is 2.18. The highest BCUT2D eigenvalue weighted by Crippen LogP contribution is 2.15. The molecule has 0 saturated carbocycles. The van der Waals surface area contributed by atoms with Gasteiger partial charge in [0.15, 0.2) is 0 Å². The number of para-hydroxylation sites is 1. The summed E-state index contributed by atoms with van der Waals surface area (Å²) in [6.07, 6.45) is 1.02. The number of carbonyl (C=O) groups excluding carboxylic acids is 1. The number of amides is 1. The quantitative estimate of drug-likeness (QED) is 0.876. The Balaban J connectivity index is 1.68. The molecule has 1 aromatic carbocycles. The summed E-state index contributed by atoms with van der Waals surface area (Å²) in [6, 6.07) is 10.9. The Morgan fingerprint density at radius 2 is 1.73 bits per heavy atom. The van der Waals surface area contributed by atoms with Gasteiger partial charge in [-0.1, -0.05) is 32.0 Å². The fourth-order valence-corrected chi connectivity index (χ4v) is 2.73. The molecule has 22 heavy (non-hydrogen) atoms. The van der Waals surface area contributed by atoms with Gasteiger partial charge >= 0.3 is 0 Å². The normalized spacial score (nSPS) is 17.5. The van der Waals surface area contributed by atoms with Crippen molar-refractivity contribution in [3.8, 4) is 0 Å². The standard InChI is InChI=1S/C18H29N3O/c1-15(2)18(22)19-16(3)9-10-20-11-13-21(14-12-20)17-7-5-4-6-8-17/h4-8,15-16H,9-14H2,1-3H3,(H,19,22)/t16-/m1/s1. The van der Waals surface area contributed by atoms with Gasteiger partial charge in [0.2, 0.25) is 5.91 Å². The first-order valence-electron chi connectivity index (χ1n) is 8.39. The number of hydrogen-bond donors (Lipinski definition) is 1. The molecule has 1 saturated heterocycles. The number of hydrogen-bond acceptors (Lipinski definition) is 3. The monoisotopic (exact) mass is 303 g/mol. The second-order valence-electron chi connectivity index (χ2n) is 6.52. The molecule has 2 rings (SSSR count). The van der Waals surface area contributed by atoms with Gasteiger partial charge in [-0.25, -0.2) is 0 Å². The topological polar surface area (TPSA) is 35.6 Å². The lowest BCUT2D eigenvalue weighted by Gasteiger charge is -2.36. The smallest absolute Gasteiger partial charge is 0.222 e. The molecule has 1 heterocycles. The SMILES string of the molecule is CC(C)C(=O)N[C@H](C)CCN1CCN(c2ccccc2)CC1. The molecule has 1 N–H and O–H groups in total. The molecule has 0 unspecified atom stereocenters. The van der Waals surface area contributed by atoms with Crippen LogP contribution in [0.5, 0.6) is 0 Å². The molecule has 1 atom stereocenters. The Kier molecular flexibility index (Phi) is 6.25. The molecule has 1 fully saturated rings. The molecule has 1 aliphatic rings. The van der Waals surface area contributed by atoms with Gasteiger partial charge in [-0.2, -0.15) is 0 Å². The zero-order chi connectivity index (χ0) is 15.9. The van der Waals surface area contributed by atoms with Crippen LogP contribution in [0.25, 0.3) is 0 Å². The molecule has 1 aliphatic heterocycles. The predicted molar refractivity (Wildman–Crippen MR) is 92.2 cm³/mol. The maximum Gasteiger partial charge on any atom is 0.222 e. The minimum Gasteiger partial charge on any atom is -0.369 e. The summed E-state index contributed by atoms with van der Waals surface area (Å²) in [4.78, 5) is 16.6. The van der Waals surface area contributed by atoms with Gasteiger partial charge in [0.25, 0.3) is 0 Å². The van der Waals surface area contributed by atoms with Gasteiger partial charge in [0.1, 0.15) is 0 Å². The van der Waals surface area contributed by atoms with E-state index in [1.165, 1.54) is 5.69 Å². The Bertz CT molecular complexity index is 453. The molecular weight excluding hydrogens is 274 g/mol. The van der Waals surface area contributed by atoms with Crippen LogP contribution in [0.2, 0.25) is 0 Å². The molecule has 0 spiro atoms. The molecule has 1 amide bonds. The van der Waals surface area contributed by atoms with Gasteiger partial charge in [-0.3, -0.25) is 9.69 Å². The summed E-state index contributed by atoms with van der Waals surface area (Å²) in [5.41, 5.74) is 1.32. The van der Waals surface area contributed by atoms with Crippen LogP contribution in [0.1, 0.15) is 27.2 Å². The molecule has 0 aromatic heterocycles. The van der Waals surface area contributed by atoms with Crippen LogP contribution in [-0.4, -0.2) is 49.6 Å². The van der Waals surface area contributed by atoms with Crippen molar-refractivity contribution in [1.29, 1.82) is 0 Å². The van der Waals surface area contributed by atoms with Crippen molar-refractivity contribution in [3.05, 3.63) is 30.3 Å². The molecule has 122 valence electrons. The van der Waals surface area contributed by atoms with Crippen LogP contribution in [0.3, 0.4) is 0 Å². The molecular formula is C18H29N3O. The van der Waals surface area contributed by atoms with Gasteiger partial charge in [-0.15, -0.1) is 0 Å². The van der Waals surface area contributed by atoms with Crippen molar-refractivity contribution in [2.75, 3.05) is 37.6 Å². The highest BCUT2D eigenvalue weighted by molar-refractivity contribution is 5.78. The number of nitrogens with one attached hydrogen (secondary N) is 1. The minimum absolute atomic E-state index is 0.0665. The average molecular weight is 303 g/mol. The third-order valence-corrected chi connectivity index (χ3v) is 4.29. The molecule has 0 bridgehead atoms. The summed E-state index contributed by atoms with van der Waals surface area (Å²) in [5, 5.41) is 3.08. The summed E-state index contributed by atoms with van der Waals surface area (Å²) >= 11 is 0. The van der Waals surface area contributed by atoms with E-state index in [2.05, 4.69) is 52.4 Å². The maximum atomic E-state index is 11.7. The van der Waals surface area contributed by atoms with Crippen LogP contribution >= 0.6 is 0 Å². The van der Waals surface area contributed by atoms with Crippen molar-refractivity contribution in [1.82, 2.24) is 10.2 Å². The Hall–Kier alpha value is -1.55. The minimum atomic E-state index is 0.0665. The number of anilines is 1. The number of rotatable bonds is 6. The predicted octanol–water partition coefficient (Wildman–Crippen LogP) is 2.36. The fraction of sp³-hybridized carbons (Fsp3) is 0.611. The van der Waals surface area contributed by atoms with E-state index in [0.29, 0.717) is 0 Å². The van der Waals surface area contributed by atoms with Crippen LogP contribution < -0.4 is 10.2 Å². The Morgan fingerprint density at radius 1 is 1.09 bits per heavy atom. The van der Waals surface area contributed by atoms with E-state index in [1.807, 2.05) is 13.8 Å². The highest BCUT2D eigenvalue weighted by atomic mass is 16.1. The summed E-state index contributed by atoms with van der Waals surface area (Å²) in [7, 11) is 0. The number of nitrogens with zero attached hydrogens (tertiary/aromatic N) is 2. The van der Waals surface area contributed by atoms with Gasteiger partial charge in [0, 0.05) is 50.4 Å². The maximum absolute atomic E-state index is 11.7. The van der Waals surface area contributed by atoms with E-state index in [9.17, 15) is 4.79 Å². The lowest BCUT2D eigenvalue weighted by atomic mass is 10.1. The first-order chi connectivity index (χ1) is 10.6. The van der Waals surface area contributed by atoms with E-state index < -0.39 is 0 Å². The molecule has 1 aromatic rings. The molecule has 4 nitrogen and oxygen atoms in total. The fourth-order valence-electron chi connectivity index (χ4n) is 2.73. The van der Waals surface area contributed by atoms with E-state index in [0.717, 1.165) is 39.1 Å². The van der Waals surface area contributed by atoms with Crippen molar-refractivity contribution in [2.45, 2.75) is 33.2 Å². The van der Waals surface area contributed by atoms with Gasteiger partial charge in [-0.05, 0) is 25.5 Å². The van der Waals surface area contributed by atoms with E-state index >= 15 is 0 Å². The van der Waals surface area contributed by atoms with Crippen LogP contribution in [0.4, 0.5) is 5.69 Å². The summed E-state index contributed by atoms with van der Waals surface area (Å²) in [6.45, 7) is 11.4. The third kappa shape index (κ3) is 5.02. The Labute approximate surface area is 134 Å². The van der Waals surface area contributed by atoms with Crippen molar-refractivity contribution in [2.24, 2.45) is 5.92 Å². The summed E-state index contributed by atoms with van der Waals surface area (Å²) in [5.74, 6) is 0.221.